The molecule has 0 unspecified atom stereocenters. The minimum atomic E-state index is -0.446. The van der Waals surface area contributed by atoms with E-state index in [-0.39, 0.29) is 6.54 Å². The van der Waals surface area contributed by atoms with Gasteiger partial charge >= 0.3 is 0 Å². The summed E-state index contributed by atoms with van der Waals surface area (Å²) >= 11 is 4.88. The number of benzene rings is 2. The lowest BCUT2D eigenvalue weighted by Gasteiger charge is -2.20. The van der Waals surface area contributed by atoms with Crippen molar-refractivity contribution in [2.24, 2.45) is 5.73 Å². The Kier molecular flexibility index (Phi) is 4.29. The van der Waals surface area contributed by atoms with Crippen molar-refractivity contribution >= 4 is 22.9 Å². The van der Waals surface area contributed by atoms with E-state index >= 15 is 0 Å². The number of nitrogens with zero attached hydrogens (tertiary/aromatic N) is 1. The summed E-state index contributed by atoms with van der Waals surface area (Å²) in [5.74, 6) is -0.864. The first-order valence-corrected chi connectivity index (χ1v) is 6.43. The Bertz CT molecular complexity index is 626. The second kappa shape index (κ2) is 5.96. The van der Waals surface area contributed by atoms with Crippen molar-refractivity contribution in [2.45, 2.75) is 6.54 Å². The van der Waals surface area contributed by atoms with Crippen LogP contribution in [-0.4, -0.2) is 12.0 Å². The number of halogens is 2. The largest absolute Gasteiger partial charge is 0.389 e. The summed E-state index contributed by atoms with van der Waals surface area (Å²) in [5, 5.41) is 0. The van der Waals surface area contributed by atoms with Crippen molar-refractivity contribution in [3.63, 3.8) is 0 Å². The summed E-state index contributed by atoms with van der Waals surface area (Å²) in [7, 11) is 1.81. The lowest BCUT2D eigenvalue weighted by molar-refractivity contribution is 0.583. The third-order valence-corrected chi connectivity index (χ3v) is 3.24. The second-order valence-corrected chi connectivity index (χ2v) is 4.94. The summed E-state index contributed by atoms with van der Waals surface area (Å²) in [6.07, 6.45) is 0. The predicted molar refractivity (Wildman–Crippen MR) is 80.8 cm³/mol. The molecule has 2 aromatic rings. The molecule has 20 heavy (non-hydrogen) atoms. The lowest BCUT2D eigenvalue weighted by atomic mass is 10.1. The minimum Gasteiger partial charge on any atom is -0.389 e. The molecule has 5 heteroatoms. The van der Waals surface area contributed by atoms with Crippen LogP contribution < -0.4 is 10.6 Å². The lowest BCUT2D eigenvalue weighted by Crippen LogP contribution is -2.18. The monoisotopic (exact) mass is 292 g/mol. The van der Waals surface area contributed by atoms with Crippen molar-refractivity contribution in [1.82, 2.24) is 0 Å². The van der Waals surface area contributed by atoms with Crippen molar-refractivity contribution in [3.8, 4) is 0 Å². The van der Waals surface area contributed by atoms with Gasteiger partial charge in [0.2, 0.25) is 0 Å². The van der Waals surface area contributed by atoms with E-state index in [1.807, 2.05) is 17.0 Å². The van der Waals surface area contributed by atoms with Gasteiger partial charge in [-0.05, 0) is 42.5 Å². The average molecular weight is 292 g/mol. The number of hydrogen-bond acceptors (Lipinski definition) is 2. The van der Waals surface area contributed by atoms with Gasteiger partial charge in [0.1, 0.15) is 16.6 Å². The Morgan fingerprint density at radius 2 is 1.80 bits per heavy atom. The first kappa shape index (κ1) is 14.4. The molecule has 104 valence electrons. The molecule has 0 saturated heterocycles. The molecule has 0 amide bonds. The van der Waals surface area contributed by atoms with Gasteiger partial charge in [0.25, 0.3) is 0 Å². The first-order valence-electron chi connectivity index (χ1n) is 6.02. The fraction of sp³-hybridized carbons (Fsp3) is 0.133. The molecule has 2 N–H and O–H groups in total. The molecule has 0 atom stereocenters. The van der Waals surface area contributed by atoms with E-state index in [2.05, 4.69) is 0 Å². The minimum absolute atomic E-state index is 0.274. The standard InChI is InChI=1S/C15H14F2N2S/c1-19(9-11-8-12(16)4-7-14(11)17)13-5-2-10(3-6-13)15(18)20/h2-8H,9H2,1H3,(H2,18,20). The molecule has 0 heterocycles. The molecular weight excluding hydrogens is 278 g/mol. The summed E-state index contributed by atoms with van der Waals surface area (Å²) in [4.78, 5) is 2.15. The highest BCUT2D eigenvalue weighted by Crippen LogP contribution is 2.18. The van der Waals surface area contributed by atoms with Crippen LogP contribution in [0, 0.1) is 11.6 Å². The van der Waals surface area contributed by atoms with Crippen molar-refractivity contribution in [1.29, 1.82) is 0 Å². The van der Waals surface area contributed by atoms with Crippen molar-refractivity contribution in [3.05, 3.63) is 65.2 Å². The average Bonchev–Trinajstić information content (AvgIpc) is 2.43. The molecular formula is C15H14F2N2S. The Morgan fingerprint density at radius 1 is 1.15 bits per heavy atom. The van der Waals surface area contributed by atoms with Gasteiger partial charge in [0.05, 0.1) is 0 Å². The van der Waals surface area contributed by atoms with Gasteiger partial charge in [0, 0.05) is 30.4 Å². The SMILES string of the molecule is CN(Cc1cc(F)ccc1F)c1ccc(C(N)=S)cc1. The number of hydrogen-bond donors (Lipinski definition) is 1. The zero-order valence-electron chi connectivity index (χ0n) is 10.9. The molecule has 0 radical (unpaired) electrons. The molecule has 0 bridgehead atoms. The van der Waals surface area contributed by atoms with Gasteiger partial charge in [-0.1, -0.05) is 12.2 Å². The zero-order chi connectivity index (χ0) is 14.7. The van der Waals surface area contributed by atoms with Gasteiger partial charge in [-0.15, -0.1) is 0 Å². The molecule has 2 nitrogen and oxygen atoms in total. The van der Waals surface area contributed by atoms with Gasteiger partial charge in [-0.3, -0.25) is 0 Å². The van der Waals surface area contributed by atoms with E-state index in [9.17, 15) is 8.78 Å². The highest BCUT2D eigenvalue weighted by Gasteiger charge is 2.08. The molecule has 0 aliphatic heterocycles. The van der Waals surface area contributed by atoms with Crippen LogP contribution in [0.1, 0.15) is 11.1 Å². The van der Waals surface area contributed by atoms with Crippen LogP contribution in [0.2, 0.25) is 0 Å². The summed E-state index contributed by atoms with van der Waals surface area (Å²) in [5.41, 5.74) is 7.48. The Labute approximate surface area is 121 Å². The fourth-order valence-electron chi connectivity index (χ4n) is 1.89. The van der Waals surface area contributed by atoms with Crippen molar-refractivity contribution in [2.75, 3.05) is 11.9 Å². The summed E-state index contributed by atoms with van der Waals surface area (Å²) < 4.78 is 26.7. The smallest absolute Gasteiger partial charge is 0.128 e. The quantitative estimate of drug-likeness (QED) is 0.877. The molecule has 0 aromatic heterocycles. The molecule has 0 spiro atoms. The Balaban J connectivity index is 2.17. The molecule has 0 aliphatic carbocycles. The number of rotatable bonds is 4. The first-order chi connectivity index (χ1) is 9.47. The molecule has 0 aliphatic rings. The molecule has 2 rings (SSSR count). The third kappa shape index (κ3) is 3.30. The van der Waals surface area contributed by atoms with Gasteiger partial charge < -0.3 is 10.6 Å². The second-order valence-electron chi connectivity index (χ2n) is 4.50. The van der Waals surface area contributed by atoms with Crippen LogP contribution in [0.25, 0.3) is 0 Å². The van der Waals surface area contributed by atoms with Gasteiger partial charge in [-0.2, -0.15) is 0 Å². The maximum Gasteiger partial charge on any atom is 0.128 e. The fourth-order valence-corrected chi connectivity index (χ4v) is 2.03. The number of thiocarbonyl (C=S) groups is 1. The Morgan fingerprint density at radius 3 is 2.40 bits per heavy atom. The van der Waals surface area contributed by atoms with E-state index in [1.165, 1.54) is 6.07 Å². The highest BCUT2D eigenvalue weighted by atomic mass is 32.1. The molecule has 0 fully saturated rings. The molecule has 2 aromatic carbocycles. The van der Waals surface area contributed by atoms with E-state index in [1.54, 1.807) is 19.2 Å². The third-order valence-electron chi connectivity index (χ3n) is 3.01. The van der Waals surface area contributed by atoms with Crippen molar-refractivity contribution < 1.29 is 8.78 Å². The molecule has 0 saturated carbocycles. The highest BCUT2D eigenvalue weighted by molar-refractivity contribution is 7.80. The predicted octanol–water partition coefficient (Wildman–Crippen LogP) is 3.24. The van der Waals surface area contributed by atoms with E-state index in [4.69, 9.17) is 18.0 Å². The van der Waals surface area contributed by atoms with Gasteiger partial charge in [-0.25, -0.2) is 8.78 Å². The maximum absolute atomic E-state index is 13.6. The summed E-state index contributed by atoms with van der Waals surface area (Å²) in [6.45, 7) is 0.274. The van der Waals surface area contributed by atoms with Crippen LogP contribution in [0.3, 0.4) is 0 Å². The van der Waals surface area contributed by atoms with Crippen LogP contribution >= 0.6 is 12.2 Å². The Hall–Kier alpha value is -2.01. The number of nitrogens with two attached hydrogens (primary N) is 1. The number of anilines is 1. The summed E-state index contributed by atoms with van der Waals surface area (Å²) in [6, 6.07) is 10.7. The maximum atomic E-state index is 13.6. The van der Waals surface area contributed by atoms with E-state index < -0.39 is 11.6 Å². The van der Waals surface area contributed by atoms with Gasteiger partial charge in [0.15, 0.2) is 0 Å². The van der Waals surface area contributed by atoms with Crippen LogP contribution in [-0.2, 0) is 6.54 Å². The van der Waals surface area contributed by atoms with E-state index in [0.717, 1.165) is 23.4 Å². The van der Waals surface area contributed by atoms with E-state index in [0.29, 0.717) is 10.6 Å². The van der Waals surface area contributed by atoms with Crippen LogP contribution in [0.4, 0.5) is 14.5 Å². The zero-order valence-corrected chi connectivity index (χ0v) is 11.8. The van der Waals surface area contributed by atoms with Crippen LogP contribution in [0.15, 0.2) is 42.5 Å². The normalized spacial score (nSPS) is 10.3. The topological polar surface area (TPSA) is 29.3 Å². The van der Waals surface area contributed by atoms with Crippen LogP contribution in [0.5, 0.6) is 0 Å².